The number of nitrogens with zero attached hydrogens (tertiary/aromatic N) is 1. The standard InChI is InChI=1S/C9H14N2O/c10-4-1-5-11-8-6-7-2-3-9(8)12-7/h7-9,11H,1-3,5-6H2. The van der Waals surface area contributed by atoms with Gasteiger partial charge in [-0.25, -0.2) is 0 Å². The summed E-state index contributed by atoms with van der Waals surface area (Å²) in [5.74, 6) is 0. The second kappa shape index (κ2) is 3.42. The van der Waals surface area contributed by atoms with Gasteiger partial charge < -0.3 is 10.1 Å². The highest BCUT2D eigenvalue weighted by Crippen LogP contribution is 2.34. The van der Waals surface area contributed by atoms with Crippen LogP contribution in [0.5, 0.6) is 0 Å². The molecule has 0 aromatic carbocycles. The van der Waals surface area contributed by atoms with Crippen LogP contribution >= 0.6 is 0 Å². The average molecular weight is 166 g/mol. The first-order valence-electron chi connectivity index (χ1n) is 4.66. The van der Waals surface area contributed by atoms with Gasteiger partial charge in [-0.3, -0.25) is 0 Å². The van der Waals surface area contributed by atoms with Crippen LogP contribution in [0.2, 0.25) is 0 Å². The molecule has 0 aliphatic carbocycles. The molecule has 66 valence electrons. The molecule has 3 nitrogen and oxygen atoms in total. The molecule has 2 heterocycles. The lowest BCUT2D eigenvalue weighted by molar-refractivity contribution is 0.0975. The summed E-state index contributed by atoms with van der Waals surface area (Å²) in [6.07, 6.45) is 5.14. The molecule has 2 fully saturated rings. The third kappa shape index (κ3) is 1.45. The van der Waals surface area contributed by atoms with Crippen LogP contribution < -0.4 is 5.32 Å². The zero-order valence-electron chi connectivity index (χ0n) is 7.12. The molecule has 3 heteroatoms. The Kier molecular flexibility index (Phi) is 2.29. The minimum atomic E-state index is 0.439. The number of rotatable bonds is 3. The minimum absolute atomic E-state index is 0.439. The van der Waals surface area contributed by atoms with Crippen molar-refractivity contribution in [3.63, 3.8) is 0 Å². The van der Waals surface area contributed by atoms with Gasteiger partial charge in [0, 0.05) is 19.0 Å². The molecule has 2 aliphatic heterocycles. The van der Waals surface area contributed by atoms with E-state index in [9.17, 15) is 0 Å². The molecule has 0 aromatic rings. The summed E-state index contributed by atoms with van der Waals surface area (Å²) in [5.41, 5.74) is 0. The van der Waals surface area contributed by atoms with Crippen molar-refractivity contribution in [2.45, 2.75) is 43.9 Å². The van der Waals surface area contributed by atoms with Gasteiger partial charge in [-0.15, -0.1) is 0 Å². The van der Waals surface area contributed by atoms with E-state index < -0.39 is 0 Å². The number of ether oxygens (including phenoxy) is 1. The van der Waals surface area contributed by atoms with E-state index in [1.54, 1.807) is 0 Å². The summed E-state index contributed by atoms with van der Waals surface area (Å²) in [6.45, 7) is 0.813. The van der Waals surface area contributed by atoms with Crippen LogP contribution in [0.25, 0.3) is 0 Å². The fourth-order valence-corrected chi connectivity index (χ4v) is 2.17. The zero-order chi connectivity index (χ0) is 8.39. The van der Waals surface area contributed by atoms with E-state index in [0.29, 0.717) is 24.7 Å². The molecule has 0 radical (unpaired) electrons. The molecule has 0 spiro atoms. The molecule has 2 bridgehead atoms. The first-order valence-corrected chi connectivity index (χ1v) is 4.66. The van der Waals surface area contributed by atoms with Crippen LogP contribution in [0.15, 0.2) is 0 Å². The number of hydrogen-bond donors (Lipinski definition) is 1. The Morgan fingerprint density at radius 1 is 1.50 bits per heavy atom. The number of hydrogen-bond acceptors (Lipinski definition) is 3. The molecule has 1 N–H and O–H groups in total. The molecule has 3 atom stereocenters. The fourth-order valence-electron chi connectivity index (χ4n) is 2.17. The van der Waals surface area contributed by atoms with Crippen molar-refractivity contribution < 1.29 is 4.74 Å². The van der Waals surface area contributed by atoms with Crippen molar-refractivity contribution in [3.05, 3.63) is 0 Å². The Morgan fingerprint density at radius 2 is 2.42 bits per heavy atom. The Labute approximate surface area is 72.7 Å². The zero-order valence-corrected chi connectivity index (χ0v) is 7.12. The second-order valence-corrected chi connectivity index (χ2v) is 3.58. The van der Waals surface area contributed by atoms with Gasteiger partial charge in [0.15, 0.2) is 0 Å². The third-order valence-electron chi connectivity index (χ3n) is 2.75. The van der Waals surface area contributed by atoms with Crippen LogP contribution in [0.1, 0.15) is 25.7 Å². The maximum atomic E-state index is 8.35. The minimum Gasteiger partial charge on any atom is -0.373 e. The van der Waals surface area contributed by atoms with Gasteiger partial charge in [0.2, 0.25) is 0 Å². The Morgan fingerprint density at radius 3 is 3.00 bits per heavy atom. The predicted octanol–water partition coefficient (Wildman–Crippen LogP) is 0.810. The van der Waals surface area contributed by atoms with Crippen LogP contribution in [0.4, 0.5) is 0 Å². The van der Waals surface area contributed by atoms with E-state index in [1.807, 2.05) is 0 Å². The van der Waals surface area contributed by atoms with Gasteiger partial charge in [0.25, 0.3) is 0 Å². The van der Waals surface area contributed by atoms with E-state index >= 15 is 0 Å². The van der Waals surface area contributed by atoms with Crippen molar-refractivity contribution in [1.82, 2.24) is 5.32 Å². The molecule has 2 rings (SSSR count). The summed E-state index contributed by atoms with van der Waals surface area (Å²) in [5, 5.41) is 11.7. The first kappa shape index (κ1) is 8.03. The monoisotopic (exact) mass is 166 g/mol. The topological polar surface area (TPSA) is 45.0 Å². The van der Waals surface area contributed by atoms with E-state index in [0.717, 1.165) is 13.0 Å². The maximum Gasteiger partial charge on any atom is 0.0733 e. The van der Waals surface area contributed by atoms with Gasteiger partial charge in [0.1, 0.15) is 0 Å². The largest absolute Gasteiger partial charge is 0.373 e. The second-order valence-electron chi connectivity index (χ2n) is 3.58. The molecule has 12 heavy (non-hydrogen) atoms. The Balaban J connectivity index is 1.73. The smallest absolute Gasteiger partial charge is 0.0733 e. The van der Waals surface area contributed by atoms with Gasteiger partial charge >= 0.3 is 0 Å². The molecule has 2 saturated heterocycles. The summed E-state index contributed by atoms with van der Waals surface area (Å²) in [6, 6.07) is 2.66. The van der Waals surface area contributed by atoms with Crippen molar-refractivity contribution >= 4 is 0 Å². The third-order valence-corrected chi connectivity index (χ3v) is 2.75. The highest BCUT2D eigenvalue weighted by Gasteiger charge is 2.40. The maximum absolute atomic E-state index is 8.35. The van der Waals surface area contributed by atoms with Gasteiger partial charge in [-0.2, -0.15) is 5.26 Å². The van der Waals surface area contributed by atoms with Crippen LogP contribution in [-0.4, -0.2) is 24.8 Å². The average Bonchev–Trinajstić information content (AvgIpc) is 2.65. The number of fused-ring (bicyclic) bond motifs is 2. The van der Waals surface area contributed by atoms with Crippen LogP contribution in [-0.2, 0) is 4.74 Å². The Hall–Kier alpha value is -0.590. The van der Waals surface area contributed by atoms with Gasteiger partial charge in [-0.05, 0) is 19.3 Å². The lowest BCUT2D eigenvalue weighted by Gasteiger charge is -2.19. The van der Waals surface area contributed by atoms with Gasteiger partial charge in [-0.1, -0.05) is 0 Å². The van der Waals surface area contributed by atoms with Crippen molar-refractivity contribution in [2.75, 3.05) is 6.54 Å². The summed E-state index contributed by atoms with van der Waals surface area (Å²) in [4.78, 5) is 0. The lowest BCUT2D eigenvalue weighted by atomic mass is 9.95. The van der Waals surface area contributed by atoms with E-state index in [1.165, 1.54) is 12.8 Å². The number of nitriles is 1. The first-order chi connectivity index (χ1) is 5.90. The van der Waals surface area contributed by atoms with E-state index in [2.05, 4.69) is 11.4 Å². The summed E-state index contributed by atoms with van der Waals surface area (Å²) in [7, 11) is 0. The van der Waals surface area contributed by atoms with Crippen molar-refractivity contribution in [3.8, 4) is 6.07 Å². The van der Waals surface area contributed by atoms with Crippen molar-refractivity contribution in [1.29, 1.82) is 5.26 Å². The molecule has 0 aromatic heterocycles. The Bertz CT molecular complexity index is 199. The van der Waals surface area contributed by atoms with Crippen LogP contribution in [0.3, 0.4) is 0 Å². The number of nitrogens with one attached hydrogen (secondary N) is 1. The SMILES string of the molecule is N#CCCNC1CC2CCC1O2. The highest BCUT2D eigenvalue weighted by molar-refractivity contribution is 4.94. The predicted molar refractivity (Wildman–Crippen MR) is 44.5 cm³/mol. The molecular formula is C9H14N2O. The molecule has 0 saturated carbocycles. The molecular weight excluding hydrogens is 152 g/mol. The normalized spacial score (nSPS) is 38.4. The lowest BCUT2D eigenvalue weighted by Crippen LogP contribution is -2.37. The van der Waals surface area contributed by atoms with E-state index in [-0.39, 0.29) is 0 Å². The molecule has 2 aliphatic rings. The van der Waals surface area contributed by atoms with E-state index in [4.69, 9.17) is 10.00 Å². The van der Waals surface area contributed by atoms with Crippen LogP contribution in [0, 0.1) is 11.3 Å². The highest BCUT2D eigenvalue weighted by atomic mass is 16.5. The fraction of sp³-hybridized carbons (Fsp3) is 0.889. The summed E-state index contributed by atoms with van der Waals surface area (Å²) >= 11 is 0. The summed E-state index contributed by atoms with van der Waals surface area (Å²) < 4.78 is 5.67. The molecule has 0 amide bonds. The van der Waals surface area contributed by atoms with Crippen molar-refractivity contribution in [2.24, 2.45) is 0 Å². The molecule has 3 unspecified atom stereocenters. The quantitative estimate of drug-likeness (QED) is 0.631. The van der Waals surface area contributed by atoms with Gasteiger partial charge in [0.05, 0.1) is 18.3 Å².